The van der Waals surface area contributed by atoms with E-state index < -0.39 is 12.0 Å². The minimum absolute atomic E-state index is 0.160. The molecule has 0 unspecified atom stereocenters. The van der Waals surface area contributed by atoms with Crippen molar-refractivity contribution in [1.29, 1.82) is 0 Å². The SMILES string of the molecule is Cc1cccc(OCC(=O)N[C@@H](CC(=O)O)c2ccccc2)c1. The van der Waals surface area contributed by atoms with Crippen molar-refractivity contribution in [2.45, 2.75) is 19.4 Å². The zero-order valence-corrected chi connectivity index (χ0v) is 12.9. The van der Waals surface area contributed by atoms with Gasteiger partial charge in [0.25, 0.3) is 5.91 Å². The summed E-state index contributed by atoms with van der Waals surface area (Å²) in [6.07, 6.45) is -0.180. The summed E-state index contributed by atoms with van der Waals surface area (Å²) in [5.74, 6) is -0.727. The molecule has 120 valence electrons. The van der Waals surface area contributed by atoms with Crippen LogP contribution in [0.2, 0.25) is 0 Å². The Hall–Kier alpha value is -2.82. The Morgan fingerprint density at radius 3 is 2.52 bits per heavy atom. The van der Waals surface area contributed by atoms with Crippen LogP contribution in [0.15, 0.2) is 54.6 Å². The zero-order valence-electron chi connectivity index (χ0n) is 12.9. The van der Waals surface area contributed by atoms with Crippen LogP contribution in [0.3, 0.4) is 0 Å². The molecule has 2 aromatic rings. The maximum absolute atomic E-state index is 12.0. The third-order valence-electron chi connectivity index (χ3n) is 3.28. The predicted molar refractivity (Wildman–Crippen MR) is 86.3 cm³/mol. The van der Waals surface area contributed by atoms with Gasteiger partial charge in [-0.25, -0.2) is 0 Å². The van der Waals surface area contributed by atoms with Crippen LogP contribution >= 0.6 is 0 Å². The second-order valence-electron chi connectivity index (χ2n) is 5.23. The molecule has 1 amide bonds. The first kappa shape index (κ1) is 16.5. The van der Waals surface area contributed by atoms with E-state index >= 15 is 0 Å². The number of hydrogen-bond acceptors (Lipinski definition) is 3. The van der Waals surface area contributed by atoms with E-state index in [4.69, 9.17) is 9.84 Å². The van der Waals surface area contributed by atoms with Gasteiger partial charge in [0.1, 0.15) is 5.75 Å². The van der Waals surface area contributed by atoms with Crippen LogP contribution in [-0.4, -0.2) is 23.6 Å². The van der Waals surface area contributed by atoms with Crippen molar-refractivity contribution in [2.75, 3.05) is 6.61 Å². The van der Waals surface area contributed by atoms with Crippen LogP contribution in [0, 0.1) is 6.92 Å². The Bertz CT molecular complexity index is 670. The second-order valence-corrected chi connectivity index (χ2v) is 5.23. The lowest BCUT2D eigenvalue weighted by molar-refractivity contribution is -0.137. The van der Waals surface area contributed by atoms with Gasteiger partial charge in [0.05, 0.1) is 12.5 Å². The molecule has 0 aliphatic heterocycles. The molecule has 0 aliphatic carbocycles. The van der Waals surface area contributed by atoms with Crippen LogP contribution < -0.4 is 10.1 Å². The van der Waals surface area contributed by atoms with Gasteiger partial charge in [0.2, 0.25) is 0 Å². The van der Waals surface area contributed by atoms with Gasteiger partial charge in [-0.2, -0.15) is 0 Å². The number of aryl methyl sites for hydroxylation is 1. The Labute approximate surface area is 134 Å². The molecule has 0 aliphatic rings. The molecule has 5 nitrogen and oxygen atoms in total. The fourth-order valence-electron chi connectivity index (χ4n) is 2.20. The van der Waals surface area contributed by atoms with Crippen molar-refractivity contribution in [3.63, 3.8) is 0 Å². The van der Waals surface area contributed by atoms with Crippen molar-refractivity contribution in [2.24, 2.45) is 0 Å². The lowest BCUT2D eigenvalue weighted by atomic mass is 10.0. The quantitative estimate of drug-likeness (QED) is 0.824. The van der Waals surface area contributed by atoms with E-state index in [1.165, 1.54) is 0 Å². The van der Waals surface area contributed by atoms with Crippen molar-refractivity contribution in [3.8, 4) is 5.75 Å². The highest BCUT2D eigenvalue weighted by Gasteiger charge is 2.18. The third kappa shape index (κ3) is 5.47. The number of aliphatic carboxylic acids is 1. The summed E-state index contributed by atoms with van der Waals surface area (Å²) in [7, 11) is 0. The number of hydrogen-bond donors (Lipinski definition) is 2. The van der Waals surface area contributed by atoms with E-state index in [0.717, 1.165) is 11.1 Å². The lowest BCUT2D eigenvalue weighted by Gasteiger charge is -2.17. The normalized spacial score (nSPS) is 11.5. The average Bonchev–Trinajstić information content (AvgIpc) is 2.53. The van der Waals surface area contributed by atoms with Crippen molar-refractivity contribution < 1.29 is 19.4 Å². The average molecular weight is 313 g/mol. The Balaban J connectivity index is 1.96. The zero-order chi connectivity index (χ0) is 16.7. The molecule has 2 rings (SSSR count). The van der Waals surface area contributed by atoms with E-state index in [0.29, 0.717) is 5.75 Å². The van der Waals surface area contributed by atoms with E-state index in [1.807, 2.05) is 31.2 Å². The Morgan fingerprint density at radius 1 is 1.13 bits per heavy atom. The number of carbonyl (C=O) groups excluding carboxylic acids is 1. The van der Waals surface area contributed by atoms with Crippen molar-refractivity contribution >= 4 is 11.9 Å². The predicted octanol–water partition coefficient (Wildman–Crippen LogP) is 2.71. The molecular formula is C18H19NO4. The summed E-state index contributed by atoms with van der Waals surface area (Å²) < 4.78 is 5.43. The molecule has 2 aromatic carbocycles. The maximum Gasteiger partial charge on any atom is 0.305 e. The van der Waals surface area contributed by atoms with Gasteiger partial charge >= 0.3 is 5.97 Å². The minimum atomic E-state index is -0.973. The topological polar surface area (TPSA) is 75.6 Å². The molecule has 0 spiro atoms. The molecule has 0 bridgehead atoms. The molecular weight excluding hydrogens is 294 g/mol. The molecule has 0 aromatic heterocycles. The first-order chi connectivity index (χ1) is 11.0. The molecule has 2 N–H and O–H groups in total. The van der Waals surface area contributed by atoms with Crippen molar-refractivity contribution in [1.82, 2.24) is 5.32 Å². The molecule has 0 saturated heterocycles. The third-order valence-corrected chi connectivity index (χ3v) is 3.28. The summed E-state index contributed by atoms with van der Waals surface area (Å²) in [5, 5.41) is 11.7. The van der Waals surface area contributed by atoms with Gasteiger partial charge in [-0.15, -0.1) is 0 Å². The van der Waals surface area contributed by atoms with Gasteiger partial charge in [0.15, 0.2) is 6.61 Å². The first-order valence-electron chi connectivity index (χ1n) is 7.30. The van der Waals surface area contributed by atoms with E-state index in [2.05, 4.69) is 5.32 Å². The number of ether oxygens (including phenoxy) is 1. The fraction of sp³-hybridized carbons (Fsp3) is 0.222. The number of carbonyl (C=O) groups is 2. The molecule has 0 saturated carbocycles. The smallest absolute Gasteiger partial charge is 0.305 e. The van der Waals surface area contributed by atoms with Crippen LogP contribution in [0.25, 0.3) is 0 Å². The van der Waals surface area contributed by atoms with E-state index in [1.54, 1.807) is 30.3 Å². The first-order valence-corrected chi connectivity index (χ1v) is 7.30. The van der Waals surface area contributed by atoms with Crippen LogP contribution in [-0.2, 0) is 9.59 Å². The summed E-state index contributed by atoms with van der Waals surface area (Å²) >= 11 is 0. The number of carboxylic acid groups (broad SMARTS) is 1. The fourth-order valence-corrected chi connectivity index (χ4v) is 2.20. The Morgan fingerprint density at radius 2 is 1.87 bits per heavy atom. The highest BCUT2D eigenvalue weighted by molar-refractivity contribution is 5.79. The Kier molecular flexibility index (Phi) is 5.74. The minimum Gasteiger partial charge on any atom is -0.484 e. The number of benzene rings is 2. The van der Waals surface area contributed by atoms with Crippen LogP contribution in [0.1, 0.15) is 23.6 Å². The molecule has 23 heavy (non-hydrogen) atoms. The van der Waals surface area contributed by atoms with Gasteiger partial charge < -0.3 is 15.2 Å². The molecule has 0 heterocycles. The summed E-state index contributed by atoms with van der Waals surface area (Å²) in [6.45, 7) is 1.78. The molecule has 1 atom stereocenters. The van der Waals surface area contributed by atoms with Crippen LogP contribution in [0.4, 0.5) is 0 Å². The number of nitrogens with one attached hydrogen (secondary N) is 1. The highest BCUT2D eigenvalue weighted by atomic mass is 16.5. The maximum atomic E-state index is 12.0. The van der Waals surface area contributed by atoms with Gasteiger partial charge in [-0.1, -0.05) is 42.5 Å². The molecule has 0 fully saturated rings. The summed E-state index contributed by atoms with van der Waals surface area (Å²) in [6, 6.07) is 15.8. The van der Waals surface area contributed by atoms with Gasteiger partial charge in [-0.05, 0) is 30.2 Å². The van der Waals surface area contributed by atoms with Gasteiger partial charge in [0, 0.05) is 0 Å². The van der Waals surface area contributed by atoms with E-state index in [9.17, 15) is 9.59 Å². The molecule has 5 heteroatoms. The van der Waals surface area contributed by atoms with Crippen molar-refractivity contribution in [3.05, 3.63) is 65.7 Å². The largest absolute Gasteiger partial charge is 0.484 e. The standard InChI is InChI=1S/C18H19NO4/c1-13-6-5-9-15(10-13)23-12-17(20)19-16(11-18(21)22)14-7-3-2-4-8-14/h2-10,16H,11-12H2,1H3,(H,19,20)(H,21,22)/t16-/m0/s1. The number of rotatable bonds is 7. The van der Waals surface area contributed by atoms with Gasteiger partial charge in [-0.3, -0.25) is 9.59 Å². The van der Waals surface area contributed by atoms with Crippen LogP contribution in [0.5, 0.6) is 5.75 Å². The summed E-state index contributed by atoms with van der Waals surface area (Å²) in [4.78, 5) is 23.0. The monoisotopic (exact) mass is 313 g/mol. The lowest BCUT2D eigenvalue weighted by Crippen LogP contribution is -2.33. The number of carboxylic acids is 1. The molecule has 0 radical (unpaired) electrons. The summed E-state index contributed by atoms with van der Waals surface area (Å²) in [5.41, 5.74) is 1.79. The second kappa shape index (κ2) is 7.98. The van der Waals surface area contributed by atoms with E-state index in [-0.39, 0.29) is 18.9 Å². The number of amides is 1. The highest BCUT2D eigenvalue weighted by Crippen LogP contribution is 2.17.